The Bertz CT molecular complexity index is 1130. The maximum absolute atomic E-state index is 13.8. The Kier molecular flexibility index (Phi) is 5.03. The van der Waals surface area contributed by atoms with E-state index in [1.165, 1.54) is 0 Å². The predicted octanol–water partition coefficient (Wildman–Crippen LogP) is 4.31. The smallest absolute Gasteiger partial charge is 0.186 e. The first-order valence-electron chi connectivity index (χ1n) is 10.4. The monoisotopic (exact) mass is 396 g/mol. The largest absolute Gasteiger partial charge is 0.360 e. The summed E-state index contributed by atoms with van der Waals surface area (Å²) in [6.45, 7) is 3.32. The van der Waals surface area contributed by atoms with Crippen LogP contribution in [0.3, 0.4) is 0 Å². The molecule has 0 amide bonds. The molecular formula is C25H24N4O. The first-order chi connectivity index (χ1) is 14.8. The number of pyridine rings is 1. The van der Waals surface area contributed by atoms with Gasteiger partial charge in [-0.2, -0.15) is 0 Å². The van der Waals surface area contributed by atoms with Crippen LogP contribution in [0.5, 0.6) is 0 Å². The predicted molar refractivity (Wildman–Crippen MR) is 120 cm³/mol. The van der Waals surface area contributed by atoms with E-state index < -0.39 is 0 Å². The van der Waals surface area contributed by atoms with Crippen LogP contribution in [0, 0.1) is 0 Å². The second-order valence-corrected chi connectivity index (χ2v) is 7.64. The number of piperazine rings is 1. The van der Waals surface area contributed by atoms with Gasteiger partial charge in [0.15, 0.2) is 5.78 Å². The summed E-state index contributed by atoms with van der Waals surface area (Å²) in [5, 5.41) is 0.982. The molecule has 1 N–H and O–H groups in total. The standard InChI is InChI=1S/C25H24N4O/c30-25(21-18-27-22-11-5-4-10-20(21)22)24(19-8-2-1-3-9-19)29-16-14-28(15-17-29)23-12-6-7-13-26-23/h1-13,18,24,27H,14-17H2/t24-/m0/s1. The number of para-hydroxylation sites is 1. The van der Waals surface area contributed by atoms with Crippen LogP contribution in [0.1, 0.15) is 22.0 Å². The van der Waals surface area contributed by atoms with E-state index in [1.54, 1.807) is 0 Å². The number of carbonyl (C=O) groups excluding carboxylic acids is 1. The van der Waals surface area contributed by atoms with Crippen molar-refractivity contribution in [3.05, 3.63) is 96.3 Å². The lowest BCUT2D eigenvalue weighted by molar-refractivity contribution is 0.0808. The first kappa shape index (κ1) is 18.6. The van der Waals surface area contributed by atoms with E-state index >= 15 is 0 Å². The summed E-state index contributed by atoms with van der Waals surface area (Å²) >= 11 is 0. The minimum Gasteiger partial charge on any atom is -0.360 e. The number of nitrogens with zero attached hydrogens (tertiary/aromatic N) is 3. The van der Waals surface area contributed by atoms with Gasteiger partial charge in [-0.15, -0.1) is 0 Å². The number of hydrogen-bond donors (Lipinski definition) is 1. The van der Waals surface area contributed by atoms with E-state index in [9.17, 15) is 4.79 Å². The van der Waals surface area contributed by atoms with Crippen molar-refractivity contribution in [2.24, 2.45) is 0 Å². The molecule has 4 aromatic rings. The number of nitrogens with one attached hydrogen (secondary N) is 1. The molecule has 2 aromatic carbocycles. The van der Waals surface area contributed by atoms with Gasteiger partial charge in [0, 0.05) is 55.0 Å². The van der Waals surface area contributed by atoms with Crippen LogP contribution in [0.2, 0.25) is 0 Å². The molecule has 0 spiro atoms. The molecule has 2 aromatic heterocycles. The Morgan fingerprint density at radius 1 is 0.867 bits per heavy atom. The lowest BCUT2D eigenvalue weighted by atomic mass is 9.95. The van der Waals surface area contributed by atoms with Gasteiger partial charge >= 0.3 is 0 Å². The van der Waals surface area contributed by atoms with E-state index in [1.807, 2.05) is 73.1 Å². The zero-order valence-corrected chi connectivity index (χ0v) is 16.7. The Hall–Kier alpha value is -3.44. The van der Waals surface area contributed by atoms with Gasteiger partial charge in [-0.1, -0.05) is 54.6 Å². The van der Waals surface area contributed by atoms with Crippen molar-refractivity contribution in [3.63, 3.8) is 0 Å². The summed E-state index contributed by atoms with van der Waals surface area (Å²) in [4.78, 5) is 26.1. The Labute approximate surface area is 176 Å². The van der Waals surface area contributed by atoms with Crippen LogP contribution in [0.15, 0.2) is 85.2 Å². The molecule has 5 heteroatoms. The third-order valence-electron chi connectivity index (χ3n) is 5.87. The molecule has 0 saturated carbocycles. The van der Waals surface area contributed by atoms with Crippen LogP contribution in [0.25, 0.3) is 10.9 Å². The molecule has 5 nitrogen and oxygen atoms in total. The molecule has 150 valence electrons. The summed E-state index contributed by atoms with van der Waals surface area (Å²) in [6.07, 6.45) is 3.68. The van der Waals surface area contributed by atoms with E-state index in [2.05, 4.69) is 31.9 Å². The number of ketones is 1. The Balaban J connectivity index is 1.44. The van der Waals surface area contributed by atoms with Gasteiger partial charge in [-0.25, -0.2) is 4.98 Å². The molecule has 1 aliphatic rings. The molecule has 0 bridgehead atoms. The second-order valence-electron chi connectivity index (χ2n) is 7.64. The van der Waals surface area contributed by atoms with E-state index in [0.29, 0.717) is 0 Å². The highest BCUT2D eigenvalue weighted by Crippen LogP contribution is 2.30. The van der Waals surface area contributed by atoms with Crippen LogP contribution < -0.4 is 4.90 Å². The molecule has 1 fully saturated rings. The van der Waals surface area contributed by atoms with Crippen LogP contribution in [-0.2, 0) is 0 Å². The Morgan fingerprint density at radius 3 is 2.37 bits per heavy atom. The van der Waals surface area contributed by atoms with Crippen molar-refractivity contribution < 1.29 is 4.79 Å². The minimum absolute atomic E-state index is 0.143. The molecule has 0 unspecified atom stereocenters. The molecule has 5 rings (SSSR count). The maximum atomic E-state index is 13.8. The van der Waals surface area contributed by atoms with Gasteiger partial charge in [-0.3, -0.25) is 9.69 Å². The summed E-state index contributed by atoms with van der Waals surface area (Å²) in [6, 6.07) is 23.8. The number of carbonyl (C=O) groups is 1. The van der Waals surface area contributed by atoms with Gasteiger partial charge in [0.2, 0.25) is 0 Å². The van der Waals surface area contributed by atoms with E-state index in [4.69, 9.17) is 0 Å². The van der Waals surface area contributed by atoms with E-state index in [0.717, 1.165) is 54.0 Å². The highest BCUT2D eigenvalue weighted by molar-refractivity contribution is 6.10. The van der Waals surface area contributed by atoms with Gasteiger partial charge in [0.25, 0.3) is 0 Å². The highest BCUT2D eigenvalue weighted by Gasteiger charge is 2.32. The fourth-order valence-electron chi connectivity index (χ4n) is 4.34. The first-order valence-corrected chi connectivity index (χ1v) is 10.4. The SMILES string of the molecule is O=C(c1c[nH]c2ccccc12)[C@H](c1ccccc1)N1CCN(c2ccccn2)CC1. The molecule has 0 radical (unpaired) electrons. The van der Waals surface area contributed by atoms with Gasteiger partial charge in [0.05, 0.1) is 6.04 Å². The number of benzene rings is 2. The molecular weight excluding hydrogens is 372 g/mol. The lowest BCUT2D eigenvalue weighted by Gasteiger charge is -2.39. The summed E-state index contributed by atoms with van der Waals surface area (Å²) < 4.78 is 0. The molecule has 30 heavy (non-hydrogen) atoms. The quantitative estimate of drug-likeness (QED) is 0.511. The third kappa shape index (κ3) is 3.48. The fourth-order valence-corrected chi connectivity index (χ4v) is 4.34. The molecule has 0 aliphatic carbocycles. The topological polar surface area (TPSA) is 52.2 Å². The summed E-state index contributed by atoms with van der Waals surface area (Å²) in [5.74, 6) is 1.14. The fraction of sp³-hybridized carbons (Fsp3) is 0.200. The highest BCUT2D eigenvalue weighted by atomic mass is 16.1. The van der Waals surface area contributed by atoms with Gasteiger partial charge in [-0.05, 0) is 23.8 Å². The van der Waals surface area contributed by atoms with Crippen molar-refractivity contribution in [3.8, 4) is 0 Å². The van der Waals surface area contributed by atoms with Crippen molar-refractivity contribution in [2.45, 2.75) is 6.04 Å². The minimum atomic E-state index is -0.295. The molecule has 3 heterocycles. The number of H-pyrrole nitrogens is 1. The summed E-state index contributed by atoms with van der Waals surface area (Å²) in [7, 11) is 0. The zero-order chi connectivity index (χ0) is 20.3. The number of anilines is 1. The van der Waals surface area contributed by atoms with Gasteiger partial charge < -0.3 is 9.88 Å². The molecule has 1 aliphatic heterocycles. The number of fused-ring (bicyclic) bond motifs is 1. The maximum Gasteiger partial charge on any atom is 0.186 e. The number of hydrogen-bond acceptors (Lipinski definition) is 4. The number of aromatic amines is 1. The van der Waals surface area contributed by atoms with Crippen LogP contribution >= 0.6 is 0 Å². The number of Topliss-reactive ketones (excluding diaryl/α,β-unsaturated/α-hetero) is 1. The lowest BCUT2D eigenvalue weighted by Crippen LogP contribution is -2.49. The van der Waals surface area contributed by atoms with Crippen molar-refractivity contribution in [2.75, 3.05) is 31.1 Å². The summed E-state index contributed by atoms with van der Waals surface area (Å²) in [5.41, 5.74) is 2.79. The normalized spacial score (nSPS) is 15.9. The average Bonchev–Trinajstić information content (AvgIpc) is 3.25. The van der Waals surface area contributed by atoms with Gasteiger partial charge in [0.1, 0.15) is 5.82 Å². The number of aromatic nitrogens is 2. The van der Waals surface area contributed by atoms with Crippen molar-refractivity contribution in [1.29, 1.82) is 0 Å². The van der Waals surface area contributed by atoms with Crippen LogP contribution in [0.4, 0.5) is 5.82 Å². The number of rotatable bonds is 5. The van der Waals surface area contributed by atoms with Crippen molar-refractivity contribution >= 4 is 22.5 Å². The Morgan fingerprint density at radius 2 is 1.60 bits per heavy atom. The zero-order valence-electron chi connectivity index (χ0n) is 16.7. The molecule has 1 atom stereocenters. The molecule has 1 saturated heterocycles. The van der Waals surface area contributed by atoms with E-state index in [-0.39, 0.29) is 11.8 Å². The average molecular weight is 396 g/mol. The second kappa shape index (κ2) is 8.13. The third-order valence-corrected chi connectivity index (χ3v) is 5.87. The van der Waals surface area contributed by atoms with Crippen molar-refractivity contribution in [1.82, 2.24) is 14.9 Å². The van der Waals surface area contributed by atoms with Crippen LogP contribution in [-0.4, -0.2) is 46.8 Å².